The van der Waals surface area contributed by atoms with Crippen LogP contribution in [0.5, 0.6) is 0 Å². The second kappa shape index (κ2) is 5.45. The van der Waals surface area contributed by atoms with Crippen LogP contribution < -0.4 is 10.8 Å². The Hall–Kier alpha value is -2.78. The zero-order valence-electron chi connectivity index (χ0n) is 13.4. The number of hydroxylamine groups is 1. The van der Waals surface area contributed by atoms with E-state index in [4.69, 9.17) is 4.84 Å². The van der Waals surface area contributed by atoms with Crippen LogP contribution in [0.4, 0.5) is 9.59 Å². The zero-order chi connectivity index (χ0) is 16.7. The molecule has 3 heterocycles. The maximum Gasteiger partial charge on any atom is 0.431 e. The minimum atomic E-state index is -0.644. The largest absolute Gasteiger partial charge is 0.431 e. The first-order valence-electron chi connectivity index (χ1n) is 7.16. The third-order valence-electron chi connectivity index (χ3n) is 4.28. The summed E-state index contributed by atoms with van der Waals surface area (Å²) in [4.78, 5) is 36.2. The van der Waals surface area contributed by atoms with E-state index in [2.05, 4.69) is 20.9 Å². The molecule has 0 unspecified atom stereocenters. The monoisotopic (exact) mass is 321 g/mol. The lowest BCUT2D eigenvalue weighted by Crippen LogP contribution is -2.45. The van der Waals surface area contributed by atoms with E-state index in [-0.39, 0.29) is 12.1 Å². The molecule has 1 aromatic heterocycles. The predicted octanol–water partition coefficient (Wildman–Crippen LogP) is -0.228. The quantitative estimate of drug-likeness (QED) is 0.422. The van der Waals surface area contributed by atoms with Crippen molar-refractivity contribution in [2.75, 3.05) is 27.7 Å². The Bertz CT molecular complexity index is 683. The van der Waals surface area contributed by atoms with Gasteiger partial charge in [-0.15, -0.1) is 0 Å². The Balaban J connectivity index is 1.99. The van der Waals surface area contributed by atoms with E-state index in [1.54, 1.807) is 34.8 Å². The van der Waals surface area contributed by atoms with Gasteiger partial charge in [-0.1, -0.05) is 0 Å². The highest BCUT2D eigenvalue weighted by molar-refractivity contribution is 5.94. The molecule has 1 fully saturated rings. The first-order valence-corrected chi connectivity index (χ1v) is 7.16. The van der Waals surface area contributed by atoms with Gasteiger partial charge in [-0.25, -0.2) is 15.1 Å². The van der Waals surface area contributed by atoms with Gasteiger partial charge >= 0.3 is 12.1 Å². The number of fused-ring (bicyclic) bond motifs is 4. The summed E-state index contributed by atoms with van der Waals surface area (Å²) in [5.41, 5.74) is 4.38. The smallest absolute Gasteiger partial charge is 0.323 e. The molecule has 0 saturated carbocycles. The van der Waals surface area contributed by atoms with Gasteiger partial charge in [0.2, 0.25) is 0 Å². The molecule has 10 nitrogen and oxygen atoms in total. The number of likely N-dealkylation sites (N-methyl/N-ethyl adjacent to an activating group) is 1. The number of nitrogens with one attached hydrogen (secondary N) is 2. The molecular weight excluding hydrogens is 302 g/mol. The number of hydrogen-bond donors (Lipinski definition) is 2. The second-order valence-corrected chi connectivity index (χ2v) is 5.42. The Labute approximate surface area is 133 Å². The summed E-state index contributed by atoms with van der Waals surface area (Å²) in [6.07, 6.45) is 1.13. The molecule has 2 bridgehead atoms. The third kappa shape index (κ3) is 2.17. The number of aryl methyl sites for hydroxylation is 1. The Morgan fingerprint density at radius 2 is 2.22 bits per heavy atom. The van der Waals surface area contributed by atoms with Crippen molar-refractivity contribution in [2.45, 2.75) is 12.1 Å². The summed E-state index contributed by atoms with van der Waals surface area (Å²) in [5, 5.41) is 6.64. The van der Waals surface area contributed by atoms with Crippen LogP contribution in [0.2, 0.25) is 0 Å². The molecule has 0 aliphatic carbocycles. The molecule has 1 saturated heterocycles. The fourth-order valence-corrected chi connectivity index (χ4v) is 3.10. The molecule has 10 heteroatoms. The molecule has 3 rings (SSSR count). The molecule has 124 valence electrons. The van der Waals surface area contributed by atoms with E-state index in [1.165, 1.54) is 7.05 Å². The maximum absolute atomic E-state index is 12.5. The van der Waals surface area contributed by atoms with Crippen LogP contribution in [-0.2, 0) is 11.9 Å². The van der Waals surface area contributed by atoms with E-state index in [9.17, 15) is 9.59 Å². The van der Waals surface area contributed by atoms with E-state index < -0.39 is 12.1 Å². The Morgan fingerprint density at radius 3 is 2.87 bits per heavy atom. The van der Waals surface area contributed by atoms with Crippen molar-refractivity contribution in [1.82, 2.24) is 30.4 Å². The molecule has 3 amide bonds. The molecule has 0 spiro atoms. The van der Waals surface area contributed by atoms with E-state index >= 15 is 0 Å². The fraction of sp³-hybridized carbons (Fsp3) is 0.538. The van der Waals surface area contributed by atoms with E-state index in [0.29, 0.717) is 12.4 Å². The number of amidine groups is 1. The summed E-state index contributed by atoms with van der Waals surface area (Å²) in [6.45, 7) is 0.541. The number of amides is 3. The van der Waals surface area contributed by atoms with Crippen LogP contribution in [-0.4, -0.2) is 65.2 Å². The van der Waals surface area contributed by atoms with Gasteiger partial charge in [0, 0.05) is 40.3 Å². The number of carbonyl (C=O) groups is 2. The number of carbonyl (C=O) groups excluding carboxylic acids is 2. The molecule has 23 heavy (non-hydrogen) atoms. The predicted molar refractivity (Wildman–Crippen MR) is 80.6 cm³/mol. The van der Waals surface area contributed by atoms with Crippen molar-refractivity contribution < 1.29 is 14.4 Å². The van der Waals surface area contributed by atoms with E-state index in [1.807, 2.05) is 7.05 Å². The summed E-state index contributed by atoms with van der Waals surface area (Å²) < 4.78 is 1.72. The van der Waals surface area contributed by atoms with Gasteiger partial charge in [-0.05, 0) is 0 Å². The molecular formula is C13H19N7O3. The minimum absolute atomic E-state index is 0.0274. The first kappa shape index (κ1) is 15.1. The maximum atomic E-state index is 12.5. The van der Waals surface area contributed by atoms with Crippen molar-refractivity contribution in [3.63, 3.8) is 0 Å². The molecule has 2 aliphatic rings. The van der Waals surface area contributed by atoms with Gasteiger partial charge in [-0.3, -0.25) is 9.67 Å². The summed E-state index contributed by atoms with van der Waals surface area (Å²) in [7, 11) is 6.61. The topological polar surface area (TPSA) is 104 Å². The summed E-state index contributed by atoms with van der Waals surface area (Å²) in [6, 6.07) is -0.611. The van der Waals surface area contributed by atoms with Gasteiger partial charge in [0.25, 0.3) is 0 Å². The van der Waals surface area contributed by atoms with Crippen LogP contribution in [0, 0.1) is 0 Å². The standard InChI is InChI=1S/C13H19N7O3/c1-14-11(17-23-12(21)15-2)10-9-7(5-16-19(9)4)8-6-20(10)13(22)18(8)3/h5,8,10H,6H2,1-4H3,(H,14,17)(H,15,21)/t8-,10-/m0/s1. The second-order valence-electron chi connectivity index (χ2n) is 5.42. The SMILES string of the molecule is CN=C(NOC(=O)NC)[C@@H]1c2c(cnn2C)[C@@H]2CN1C(=O)N2C. The number of aromatic nitrogens is 2. The molecule has 0 radical (unpaired) electrons. The zero-order valence-corrected chi connectivity index (χ0v) is 13.4. The highest BCUT2D eigenvalue weighted by atomic mass is 16.7. The van der Waals surface area contributed by atoms with Crippen molar-refractivity contribution in [2.24, 2.45) is 12.0 Å². The fourth-order valence-electron chi connectivity index (χ4n) is 3.10. The van der Waals surface area contributed by atoms with Gasteiger partial charge in [-0.2, -0.15) is 5.10 Å². The Kier molecular flexibility index (Phi) is 3.58. The number of nitrogens with zero attached hydrogens (tertiary/aromatic N) is 5. The lowest BCUT2D eigenvalue weighted by Gasteiger charge is -2.32. The van der Waals surface area contributed by atoms with Crippen molar-refractivity contribution in [3.8, 4) is 0 Å². The van der Waals surface area contributed by atoms with Gasteiger partial charge < -0.3 is 20.0 Å². The number of rotatable bonds is 1. The highest BCUT2D eigenvalue weighted by Crippen LogP contribution is 2.42. The number of aliphatic imine (C=N–C) groups is 1. The average Bonchev–Trinajstić information content (AvgIpc) is 3.05. The molecule has 0 aromatic carbocycles. The Morgan fingerprint density at radius 1 is 1.48 bits per heavy atom. The van der Waals surface area contributed by atoms with Gasteiger partial charge in [0.15, 0.2) is 5.84 Å². The molecule has 1 aromatic rings. The van der Waals surface area contributed by atoms with Crippen LogP contribution in [0.25, 0.3) is 0 Å². The lowest BCUT2D eigenvalue weighted by atomic mass is 9.97. The van der Waals surface area contributed by atoms with Gasteiger partial charge in [0.1, 0.15) is 6.04 Å². The van der Waals surface area contributed by atoms with Gasteiger partial charge in [0.05, 0.1) is 17.9 Å². The summed E-state index contributed by atoms with van der Waals surface area (Å²) >= 11 is 0. The summed E-state index contributed by atoms with van der Waals surface area (Å²) in [5.74, 6) is 0.362. The van der Waals surface area contributed by atoms with Crippen molar-refractivity contribution in [3.05, 3.63) is 17.5 Å². The molecule has 2 atom stereocenters. The third-order valence-corrected chi connectivity index (χ3v) is 4.28. The molecule has 2 aliphatic heterocycles. The van der Waals surface area contributed by atoms with Crippen LogP contribution in [0.15, 0.2) is 11.2 Å². The minimum Gasteiger partial charge on any atom is -0.323 e. The van der Waals surface area contributed by atoms with Crippen LogP contribution in [0.1, 0.15) is 23.3 Å². The average molecular weight is 321 g/mol. The van der Waals surface area contributed by atoms with Crippen molar-refractivity contribution in [1.29, 1.82) is 0 Å². The highest BCUT2D eigenvalue weighted by Gasteiger charge is 2.49. The van der Waals surface area contributed by atoms with Crippen LogP contribution in [0.3, 0.4) is 0 Å². The number of urea groups is 1. The lowest BCUT2D eigenvalue weighted by molar-refractivity contribution is 0.117. The van der Waals surface area contributed by atoms with Crippen LogP contribution >= 0.6 is 0 Å². The number of hydrogen-bond acceptors (Lipinski definition) is 5. The molecule has 2 N–H and O–H groups in total. The van der Waals surface area contributed by atoms with Crippen molar-refractivity contribution >= 4 is 18.0 Å². The normalized spacial score (nSPS) is 23.0. The van der Waals surface area contributed by atoms with E-state index in [0.717, 1.165) is 11.3 Å². The first-order chi connectivity index (χ1) is 11.0.